The predicted molar refractivity (Wildman–Crippen MR) is 178 cm³/mol. The third kappa shape index (κ3) is 7.06. The number of amides is 3. The van der Waals surface area contributed by atoms with Crippen molar-refractivity contribution in [2.75, 3.05) is 10.6 Å². The first kappa shape index (κ1) is 30.4. The van der Waals surface area contributed by atoms with Crippen molar-refractivity contribution in [1.82, 2.24) is 14.7 Å². The highest BCUT2D eigenvalue weighted by Crippen LogP contribution is 2.40. The summed E-state index contributed by atoms with van der Waals surface area (Å²) in [6, 6.07) is 25.9. The van der Waals surface area contributed by atoms with Crippen molar-refractivity contribution < 1.29 is 14.3 Å². The van der Waals surface area contributed by atoms with E-state index in [1.165, 1.54) is 5.56 Å². The molecule has 0 aliphatic carbocycles. The first-order valence-corrected chi connectivity index (χ1v) is 15.9. The summed E-state index contributed by atoms with van der Waals surface area (Å²) in [7, 11) is 0. The number of aromatic nitrogens is 2. The van der Waals surface area contributed by atoms with E-state index >= 15 is 0 Å². The van der Waals surface area contributed by atoms with Crippen LogP contribution in [0.4, 0.5) is 21.1 Å². The maximum atomic E-state index is 13.1. The molecule has 8 nitrogen and oxygen atoms in total. The van der Waals surface area contributed by atoms with Gasteiger partial charge in [-0.3, -0.25) is 5.32 Å². The highest BCUT2D eigenvalue weighted by atomic mass is 16.6. The fourth-order valence-corrected chi connectivity index (χ4v) is 6.57. The standard InChI is InChI=1S/C37H43N5O3/c1-24-6-14-29(15-7-24)42-34(23-33(40-42)37(3,4)5)39-35(43)38-28-12-10-26(11-13-28)20-27-21-30-16-17-31(22-27)41(30)36(44)45-32-18-8-25(2)9-19-32/h6-15,18-19,23,27,30-31H,16-17,20-22H2,1-5H3,(H2,38,39,43). The van der Waals surface area contributed by atoms with Gasteiger partial charge in [-0.1, -0.05) is 68.3 Å². The maximum absolute atomic E-state index is 13.1. The van der Waals surface area contributed by atoms with Gasteiger partial charge in [-0.05, 0) is 93.8 Å². The zero-order valence-electron chi connectivity index (χ0n) is 26.8. The van der Waals surface area contributed by atoms with Crippen LogP contribution in [-0.4, -0.2) is 38.9 Å². The Morgan fingerprint density at radius 3 is 2.04 bits per heavy atom. The largest absolute Gasteiger partial charge is 0.415 e. The van der Waals surface area contributed by atoms with Crippen molar-refractivity contribution in [2.24, 2.45) is 5.92 Å². The Hall–Kier alpha value is -4.59. The lowest BCUT2D eigenvalue weighted by Gasteiger charge is -2.38. The first-order chi connectivity index (χ1) is 21.5. The average molecular weight is 606 g/mol. The number of benzene rings is 3. The summed E-state index contributed by atoms with van der Waals surface area (Å²) in [5.74, 6) is 1.72. The quantitative estimate of drug-likeness (QED) is 0.231. The Kier molecular flexibility index (Phi) is 8.40. The Labute approximate surface area is 265 Å². The van der Waals surface area contributed by atoms with Crippen molar-refractivity contribution in [1.29, 1.82) is 0 Å². The molecule has 2 unspecified atom stereocenters. The van der Waals surface area contributed by atoms with Crippen molar-refractivity contribution in [3.8, 4) is 11.4 Å². The molecule has 2 atom stereocenters. The van der Waals surface area contributed by atoms with Gasteiger partial charge in [0, 0.05) is 29.3 Å². The first-order valence-electron chi connectivity index (χ1n) is 15.9. The van der Waals surface area contributed by atoms with E-state index in [0.29, 0.717) is 17.5 Å². The van der Waals surface area contributed by atoms with E-state index in [1.54, 1.807) is 4.68 Å². The van der Waals surface area contributed by atoms with Gasteiger partial charge in [0.05, 0.1) is 11.4 Å². The second-order valence-corrected chi connectivity index (χ2v) is 13.7. The highest BCUT2D eigenvalue weighted by Gasteiger charge is 2.44. The van der Waals surface area contributed by atoms with Crippen molar-refractivity contribution in [2.45, 2.75) is 84.2 Å². The molecule has 3 amide bonds. The highest BCUT2D eigenvalue weighted by molar-refractivity contribution is 5.99. The van der Waals surface area contributed by atoms with Crippen LogP contribution in [0, 0.1) is 19.8 Å². The Morgan fingerprint density at radius 2 is 1.44 bits per heavy atom. The Bertz CT molecular complexity index is 1640. The molecule has 0 radical (unpaired) electrons. The number of nitrogens with one attached hydrogen (secondary N) is 2. The second kappa shape index (κ2) is 12.4. The topological polar surface area (TPSA) is 88.5 Å². The molecule has 0 spiro atoms. The van der Waals surface area contributed by atoms with Crippen molar-refractivity contribution in [3.05, 3.63) is 101 Å². The van der Waals surface area contributed by atoms with E-state index in [9.17, 15) is 9.59 Å². The van der Waals surface area contributed by atoms with Crippen LogP contribution in [0.25, 0.3) is 5.69 Å². The molecule has 234 valence electrons. The number of urea groups is 1. The lowest BCUT2D eigenvalue weighted by molar-refractivity contribution is 0.0903. The minimum Gasteiger partial charge on any atom is -0.410 e. The minimum absolute atomic E-state index is 0.167. The zero-order chi connectivity index (χ0) is 31.7. The van der Waals surface area contributed by atoms with Gasteiger partial charge in [-0.2, -0.15) is 5.10 Å². The molecule has 2 aliphatic rings. The van der Waals surface area contributed by atoms with Gasteiger partial charge < -0.3 is 15.0 Å². The number of carbonyl (C=O) groups excluding carboxylic acids is 2. The molecule has 3 aromatic carbocycles. The molecule has 2 aliphatic heterocycles. The molecule has 1 aromatic heterocycles. The van der Waals surface area contributed by atoms with Crippen LogP contribution in [0.15, 0.2) is 78.9 Å². The lowest BCUT2D eigenvalue weighted by Crippen LogP contribution is -2.48. The van der Waals surface area contributed by atoms with Crippen LogP contribution in [-0.2, 0) is 11.8 Å². The van der Waals surface area contributed by atoms with E-state index in [1.807, 2.05) is 85.5 Å². The number of hydrogen-bond acceptors (Lipinski definition) is 4. The fraction of sp³-hybridized carbons (Fsp3) is 0.378. The Morgan fingerprint density at radius 1 is 0.844 bits per heavy atom. The van der Waals surface area contributed by atoms with Crippen LogP contribution < -0.4 is 15.4 Å². The summed E-state index contributed by atoms with van der Waals surface area (Å²) in [5, 5.41) is 10.8. The number of nitrogens with zero attached hydrogens (tertiary/aromatic N) is 3. The molecule has 0 saturated carbocycles. The second-order valence-electron chi connectivity index (χ2n) is 13.7. The van der Waals surface area contributed by atoms with Gasteiger partial charge in [-0.25, -0.2) is 14.3 Å². The monoisotopic (exact) mass is 605 g/mol. The number of piperidine rings is 1. The molecule has 2 bridgehead atoms. The lowest BCUT2D eigenvalue weighted by atomic mass is 9.86. The van der Waals surface area contributed by atoms with Crippen LogP contribution in [0.1, 0.15) is 68.8 Å². The van der Waals surface area contributed by atoms with E-state index < -0.39 is 0 Å². The van der Waals surface area contributed by atoms with Gasteiger partial charge in [0.1, 0.15) is 11.6 Å². The van der Waals surface area contributed by atoms with Gasteiger partial charge >= 0.3 is 12.1 Å². The summed E-state index contributed by atoms with van der Waals surface area (Å²) in [6.07, 6.45) is 4.74. The van der Waals surface area contributed by atoms with Crippen LogP contribution in [0.3, 0.4) is 0 Å². The third-order valence-corrected chi connectivity index (χ3v) is 9.00. The number of carbonyl (C=O) groups is 2. The normalized spacial score (nSPS) is 19.3. The number of ether oxygens (including phenoxy) is 1. The zero-order valence-corrected chi connectivity index (χ0v) is 26.8. The SMILES string of the molecule is Cc1ccc(OC(=O)N2C3CCC2CC(Cc2ccc(NC(=O)Nc4cc(C(C)(C)C)nn4-c4ccc(C)cc4)cc2)C3)cc1. The molecule has 6 rings (SSSR count). The molecule has 4 aromatic rings. The average Bonchev–Trinajstić information content (AvgIpc) is 3.54. The summed E-state index contributed by atoms with van der Waals surface area (Å²) < 4.78 is 7.50. The maximum Gasteiger partial charge on any atom is 0.415 e. The predicted octanol–water partition coefficient (Wildman–Crippen LogP) is 8.42. The van der Waals surface area contributed by atoms with E-state index in [2.05, 4.69) is 43.5 Å². The van der Waals surface area contributed by atoms with E-state index in [4.69, 9.17) is 9.84 Å². The van der Waals surface area contributed by atoms with Gasteiger partial charge in [-0.15, -0.1) is 0 Å². The Balaban J connectivity index is 1.05. The van der Waals surface area contributed by atoms with Gasteiger partial charge in [0.25, 0.3) is 0 Å². The number of fused-ring (bicyclic) bond motifs is 2. The van der Waals surface area contributed by atoms with Gasteiger partial charge in [0.15, 0.2) is 0 Å². The summed E-state index contributed by atoms with van der Waals surface area (Å²) in [4.78, 5) is 28.1. The molecule has 8 heteroatoms. The van der Waals surface area contributed by atoms with Gasteiger partial charge in [0.2, 0.25) is 0 Å². The summed E-state index contributed by atoms with van der Waals surface area (Å²) in [5.41, 5.74) is 5.87. The smallest absolute Gasteiger partial charge is 0.410 e. The molecule has 2 fully saturated rings. The number of anilines is 2. The molecular formula is C37H43N5O3. The summed E-state index contributed by atoms with van der Waals surface area (Å²) in [6.45, 7) is 10.4. The van der Waals surface area contributed by atoms with E-state index in [-0.39, 0.29) is 29.6 Å². The van der Waals surface area contributed by atoms with Crippen LogP contribution in [0.5, 0.6) is 5.75 Å². The molecule has 2 saturated heterocycles. The van der Waals surface area contributed by atoms with Crippen molar-refractivity contribution >= 4 is 23.6 Å². The molecule has 3 heterocycles. The molecular weight excluding hydrogens is 562 g/mol. The van der Waals surface area contributed by atoms with Crippen LogP contribution >= 0.6 is 0 Å². The summed E-state index contributed by atoms with van der Waals surface area (Å²) >= 11 is 0. The molecule has 2 N–H and O–H groups in total. The number of hydrogen-bond donors (Lipinski definition) is 2. The minimum atomic E-state index is -0.321. The number of rotatable bonds is 6. The van der Waals surface area contributed by atoms with Crippen LogP contribution in [0.2, 0.25) is 0 Å². The van der Waals surface area contributed by atoms with Crippen molar-refractivity contribution in [3.63, 3.8) is 0 Å². The van der Waals surface area contributed by atoms with E-state index in [0.717, 1.165) is 60.3 Å². The molecule has 45 heavy (non-hydrogen) atoms. The third-order valence-electron chi connectivity index (χ3n) is 9.00. The fourth-order valence-electron chi connectivity index (χ4n) is 6.57. The number of aryl methyl sites for hydroxylation is 2.